The van der Waals surface area contributed by atoms with Crippen LogP contribution in [0.15, 0.2) is 36.5 Å². The molecule has 1 aliphatic carbocycles. The number of rotatable bonds is 3. The summed E-state index contributed by atoms with van der Waals surface area (Å²) in [5.41, 5.74) is 1.09. The maximum absolute atomic E-state index is 13.2. The van der Waals surface area contributed by atoms with Gasteiger partial charge in [0, 0.05) is 18.8 Å². The van der Waals surface area contributed by atoms with Gasteiger partial charge in [-0.25, -0.2) is 13.5 Å². The average molecular weight is 291 g/mol. The first-order valence-corrected chi connectivity index (χ1v) is 6.95. The number of benzene rings is 1. The highest BCUT2D eigenvalue weighted by Gasteiger charge is 2.38. The maximum Gasteiger partial charge on any atom is 0.248 e. The van der Waals surface area contributed by atoms with Gasteiger partial charge in [-0.2, -0.15) is 0 Å². The lowest BCUT2D eigenvalue weighted by Gasteiger charge is -2.27. The van der Waals surface area contributed by atoms with Gasteiger partial charge >= 0.3 is 0 Å². The van der Waals surface area contributed by atoms with Crippen molar-refractivity contribution >= 4 is 5.78 Å². The third-order valence-corrected chi connectivity index (χ3v) is 3.89. The molecule has 1 aromatic heterocycles. The van der Waals surface area contributed by atoms with E-state index in [0.717, 1.165) is 5.69 Å². The Morgan fingerprint density at radius 2 is 1.86 bits per heavy atom. The molecule has 110 valence electrons. The molecule has 0 saturated heterocycles. The quantitative estimate of drug-likeness (QED) is 0.815. The van der Waals surface area contributed by atoms with Crippen LogP contribution in [0, 0.1) is 5.92 Å². The zero-order chi connectivity index (χ0) is 14.9. The molecule has 2 aromatic rings. The number of halogens is 2. The molecular weight excluding hydrogens is 276 g/mol. The predicted molar refractivity (Wildman–Crippen MR) is 72.6 cm³/mol. The van der Waals surface area contributed by atoms with Crippen LogP contribution in [-0.2, 0) is 0 Å². The number of alkyl halides is 2. The SMILES string of the molecule is O=C(c1cnnn1-c1ccccc1)C1CCC(F)(F)CC1. The van der Waals surface area contributed by atoms with E-state index in [1.807, 2.05) is 30.3 Å². The first kappa shape index (κ1) is 13.9. The summed E-state index contributed by atoms with van der Waals surface area (Å²) in [7, 11) is 0. The van der Waals surface area contributed by atoms with Crippen molar-refractivity contribution in [3.05, 3.63) is 42.2 Å². The summed E-state index contributed by atoms with van der Waals surface area (Å²) in [5.74, 6) is -3.15. The monoisotopic (exact) mass is 291 g/mol. The van der Waals surface area contributed by atoms with Gasteiger partial charge in [-0.15, -0.1) is 5.10 Å². The van der Waals surface area contributed by atoms with E-state index in [4.69, 9.17) is 0 Å². The van der Waals surface area contributed by atoms with Crippen LogP contribution in [0.5, 0.6) is 0 Å². The third-order valence-electron chi connectivity index (χ3n) is 3.89. The summed E-state index contributed by atoms with van der Waals surface area (Å²) in [4.78, 5) is 12.5. The Hall–Kier alpha value is -2.11. The number of carbonyl (C=O) groups is 1. The first-order chi connectivity index (χ1) is 10.1. The topological polar surface area (TPSA) is 47.8 Å². The van der Waals surface area contributed by atoms with E-state index in [1.165, 1.54) is 10.9 Å². The minimum Gasteiger partial charge on any atom is -0.292 e. The number of aromatic nitrogens is 3. The Morgan fingerprint density at radius 1 is 1.19 bits per heavy atom. The largest absolute Gasteiger partial charge is 0.292 e. The molecule has 1 fully saturated rings. The second kappa shape index (κ2) is 5.35. The highest BCUT2D eigenvalue weighted by atomic mass is 19.3. The molecule has 1 aliphatic rings. The van der Waals surface area contributed by atoms with E-state index >= 15 is 0 Å². The van der Waals surface area contributed by atoms with E-state index < -0.39 is 5.92 Å². The van der Waals surface area contributed by atoms with Crippen LogP contribution in [0.3, 0.4) is 0 Å². The summed E-state index contributed by atoms with van der Waals surface area (Å²) < 4.78 is 27.8. The molecule has 0 amide bonds. The molecule has 0 aliphatic heterocycles. The normalized spacial score (nSPS) is 18.6. The molecular formula is C15H15F2N3O. The standard InChI is InChI=1S/C15H15F2N3O/c16-15(17)8-6-11(7-9-15)14(21)13-10-18-19-20(13)12-4-2-1-3-5-12/h1-5,10-11H,6-9H2. The minimum absolute atomic E-state index is 0.153. The second-order valence-electron chi connectivity index (χ2n) is 5.36. The smallest absolute Gasteiger partial charge is 0.248 e. The molecule has 0 unspecified atom stereocenters. The van der Waals surface area contributed by atoms with E-state index in [9.17, 15) is 13.6 Å². The molecule has 4 nitrogen and oxygen atoms in total. The van der Waals surface area contributed by atoms with E-state index in [-0.39, 0.29) is 37.4 Å². The van der Waals surface area contributed by atoms with Crippen LogP contribution in [0.25, 0.3) is 5.69 Å². The van der Waals surface area contributed by atoms with Crippen molar-refractivity contribution in [3.63, 3.8) is 0 Å². The lowest BCUT2D eigenvalue weighted by Crippen LogP contribution is -2.29. The molecule has 0 bridgehead atoms. The zero-order valence-corrected chi connectivity index (χ0v) is 11.4. The molecule has 3 rings (SSSR count). The fourth-order valence-corrected chi connectivity index (χ4v) is 2.67. The number of carbonyl (C=O) groups excluding carboxylic acids is 1. The number of Topliss-reactive ketones (excluding diaryl/α,β-unsaturated/α-hetero) is 1. The van der Waals surface area contributed by atoms with E-state index in [2.05, 4.69) is 10.3 Å². The molecule has 0 radical (unpaired) electrons. The summed E-state index contributed by atoms with van der Waals surface area (Å²) in [6, 6.07) is 9.19. The van der Waals surface area contributed by atoms with Crippen molar-refractivity contribution in [2.75, 3.05) is 0 Å². The van der Waals surface area contributed by atoms with Crippen molar-refractivity contribution in [3.8, 4) is 5.69 Å². The molecule has 0 N–H and O–H groups in total. The number of nitrogens with zero attached hydrogens (tertiary/aromatic N) is 3. The van der Waals surface area contributed by atoms with Gasteiger partial charge in [-0.1, -0.05) is 23.4 Å². The van der Waals surface area contributed by atoms with Gasteiger partial charge in [0.25, 0.3) is 0 Å². The molecule has 0 spiro atoms. The fraction of sp³-hybridized carbons (Fsp3) is 0.400. The fourth-order valence-electron chi connectivity index (χ4n) is 2.67. The Bertz CT molecular complexity index is 629. The molecule has 21 heavy (non-hydrogen) atoms. The lowest BCUT2D eigenvalue weighted by molar-refractivity contribution is -0.0424. The van der Waals surface area contributed by atoms with Crippen molar-refractivity contribution in [2.24, 2.45) is 5.92 Å². The first-order valence-electron chi connectivity index (χ1n) is 6.95. The van der Waals surface area contributed by atoms with Crippen molar-refractivity contribution in [1.82, 2.24) is 15.0 Å². The summed E-state index contributed by atoms with van der Waals surface area (Å²) >= 11 is 0. The van der Waals surface area contributed by atoms with Gasteiger partial charge in [0.1, 0.15) is 5.69 Å². The van der Waals surface area contributed by atoms with Gasteiger partial charge in [0.05, 0.1) is 11.9 Å². The molecule has 1 saturated carbocycles. The Kier molecular flexibility index (Phi) is 3.53. The van der Waals surface area contributed by atoms with Crippen molar-refractivity contribution < 1.29 is 13.6 Å². The Morgan fingerprint density at radius 3 is 2.52 bits per heavy atom. The highest BCUT2D eigenvalue weighted by molar-refractivity contribution is 5.96. The highest BCUT2D eigenvalue weighted by Crippen LogP contribution is 2.37. The molecule has 1 heterocycles. The minimum atomic E-state index is -2.63. The average Bonchev–Trinajstić information content (AvgIpc) is 2.97. The number of hydrogen-bond acceptors (Lipinski definition) is 3. The van der Waals surface area contributed by atoms with Crippen LogP contribution in [0.1, 0.15) is 36.2 Å². The third kappa shape index (κ3) is 2.84. The van der Waals surface area contributed by atoms with Gasteiger partial charge < -0.3 is 0 Å². The van der Waals surface area contributed by atoms with Crippen molar-refractivity contribution in [2.45, 2.75) is 31.6 Å². The van der Waals surface area contributed by atoms with E-state index in [0.29, 0.717) is 5.69 Å². The lowest BCUT2D eigenvalue weighted by atomic mass is 9.83. The van der Waals surface area contributed by atoms with Gasteiger partial charge in [-0.05, 0) is 25.0 Å². The number of hydrogen-bond donors (Lipinski definition) is 0. The summed E-state index contributed by atoms with van der Waals surface area (Å²) in [6.07, 6.45) is 1.38. The zero-order valence-electron chi connectivity index (χ0n) is 11.4. The number of ketones is 1. The van der Waals surface area contributed by atoms with Crippen LogP contribution < -0.4 is 0 Å². The van der Waals surface area contributed by atoms with Gasteiger partial charge in [0.15, 0.2) is 5.78 Å². The number of para-hydroxylation sites is 1. The van der Waals surface area contributed by atoms with Crippen LogP contribution in [-0.4, -0.2) is 26.7 Å². The summed E-state index contributed by atoms with van der Waals surface area (Å²) in [5, 5.41) is 7.72. The molecule has 0 atom stereocenters. The van der Waals surface area contributed by atoms with Crippen molar-refractivity contribution in [1.29, 1.82) is 0 Å². The van der Waals surface area contributed by atoms with Gasteiger partial charge in [0.2, 0.25) is 5.92 Å². The summed E-state index contributed by atoms with van der Waals surface area (Å²) in [6.45, 7) is 0. The van der Waals surface area contributed by atoms with Crippen LogP contribution in [0.4, 0.5) is 8.78 Å². The van der Waals surface area contributed by atoms with E-state index in [1.54, 1.807) is 0 Å². The predicted octanol–water partition coefficient (Wildman–Crippen LogP) is 3.28. The Balaban J connectivity index is 1.82. The van der Waals surface area contributed by atoms with Crippen LogP contribution >= 0.6 is 0 Å². The molecule has 1 aromatic carbocycles. The molecule has 6 heteroatoms. The van der Waals surface area contributed by atoms with Crippen LogP contribution in [0.2, 0.25) is 0 Å². The van der Waals surface area contributed by atoms with Gasteiger partial charge in [-0.3, -0.25) is 4.79 Å². The maximum atomic E-state index is 13.2. The second-order valence-corrected chi connectivity index (χ2v) is 5.36. The Labute approximate surface area is 120 Å².